The summed E-state index contributed by atoms with van der Waals surface area (Å²) in [6, 6.07) is 11.4. The summed E-state index contributed by atoms with van der Waals surface area (Å²) < 4.78 is 34.4. The summed E-state index contributed by atoms with van der Waals surface area (Å²) >= 11 is 6.37. The maximum atomic E-state index is 13.2. The Morgan fingerprint density at radius 2 is 2.02 bits per heavy atom. The van der Waals surface area contributed by atoms with E-state index in [2.05, 4.69) is 21.8 Å². The number of amides is 1. The molecule has 214 valence electrons. The summed E-state index contributed by atoms with van der Waals surface area (Å²) in [6.45, 7) is 3.75. The van der Waals surface area contributed by atoms with E-state index in [-0.39, 0.29) is 28.6 Å². The molecular weight excluding hydrogens is 548 g/mol. The predicted molar refractivity (Wildman–Crippen MR) is 157 cm³/mol. The lowest BCUT2D eigenvalue weighted by Crippen LogP contribution is -2.49. The molecule has 1 saturated carbocycles. The molecule has 2 aliphatic heterocycles. The lowest BCUT2D eigenvalue weighted by molar-refractivity contribution is 0.0456. The molecule has 2 heterocycles. The number of nitrogens with zero attached hydrogens (tertiary/aromatic N) is 1. The molecule has 2 aromatic rings. The minimum absolute atomic E-state index is 0.135. The smallest absolute Gasteiger partial charge is 0.264 e. The molecule has 5 unspecified atom stereocenters. The first-order chi connectivity index (χ1) is 19.1. The highest BCUT2D eigenvalue weighted by Crippen LogP contribution is 2.46. The molecule has 0 saturated heterocycles. The number of ether oxygens (including phenoxy) is 1. The highest BCUT2D eigenvalue weighted by atomic mass is 35.5. The van der Waals surface area contributed by atoms with E-state index in [0.29, 0.717) is 31.2 Å². The first-order valence-electron chi connectivity index (χ1n) is 14.3. The number of aryl methyl sites for hydroxylation is 1. The molecule has 5 atom stereocenters. The van der Waals surface area contributed by atoms with Gasteiger partial charge in [-0.2, -0.15) is 0 Å². The van der Waals surface area contributed by atoms with E-state index in [1.165, 1.54) is 11.1 Å². The van der Waals surface area contributed by atoms with Crippen molar-refractivity contribution in [2.45, 2.75) is 57.0 Å². The topological polar surface area (TPSA) is 95.9 Å². The lowest BCUT2D eigenvalue weighted by atomic mass is 9.68. The number of benzene rings is 2. The number of carbonyl (C=O) groups excluding carboxylic acids is 1. The van der Waals surface area contributed by atoms with Gasteiger partial charge in [0, 0.05) is 29.1 Å². The first-order valence-corrected chi connectivity index (χ1v) is 16.4. The monoisotopic (exact) mass is 584 g/mol. The van der Waals surface area contributed by atoms with Crippen molar-refractivity contribution in [2.75, 3.05) is 30.3 Å². The number of aliphatic hydroxyl groups excluding tert-OH is 1. The van der Waals surface area contributed by atoms with E-state index in [1.54, 1.807) is 18.2 Å². The van der Waals surface area contributed by atoms with Gasteiger partial charge in [-0.05, 0) is 97.7 Å². The van der Waals surface area contributed by atoms with Crippen molar-refractivity contribution in [3.63, 3.8) is 0 Å². The molecule has 2 N–H and O–H groups in total. The Labute approximate surface area is 241 Å². The van der Waals surface area contributed by atoms with Crippen LogP contribution >= 0.6 is 11.6 Å². The number of sulfonamides is 1. The number of fused-ring (bicyclic) bond motifs is 4. The molecule has 2 aliphatic carbocycles. The SMILES string of the molecule is CC1C/C=C/C(O)C2CCC2CN2CC3(CCCc4cc(Cl)ccc43)COc3ccc(cc32)C(=O)NS(=O)(=O)C1. The number of rotatable bonds is 0. The molecule has 7 nitrogen and oxygen atoms in total. The maximum absolute atomic E-state index is 13.2. The third kappa shape index (κ3) is 5.38. The zero-order valence-electron chi connectivity index (χ0n) is 22.8. The van der Waals surface area contributed by atoms with Crippen LogP contribution < -0.4 is 14.4 Å². The Kier molecular flexibility index (Phi) is 7.38. The van der Waals surface area contributed by atoms with E-state index in [0.717, 1.165) is 49.4 Å². The molecule has 4 aliphatic rings. The maximum Gasteiger partial charge on any atom is 0.264 e. The number of anilines is 1. The van der Waals surface area contributed by atoms with E-state index in [9.17, 15) is 18.3 Å². The van der Waals surface area contributed by atoms with Crippen LogP contribution in [0.3, 0.4) is 0 Å². The van der Waals surface area contributed by atoms with Gasteiger partial charge in [0.15, 0.2) is 0 Å². The van der Waals surface area contributed by atoms with Crippen LogP contribution in [0.15, 0.2) is 48.6 Å². The molecule has 1 amide bonds. The fraction of sp³-hybridized carbons (Fsp3) is 0.516. The van der Waals surface area contributed by atoms with Crippen LogP contribution in [0.4, 0.5) is 5.69 Å². The van der Waals surface area contributed by atoms with E-state index in [1.807, 2.05) is 25.1 Å². The lowest BCUT2D eigenvalue weighted by Gasteiger charge is -2.45. The fourth-order valence-corrected chi connectivity index (χ4v) is 8.65. The predicted octanol–water partition coefficient (Wildman–Crippen LogP) is 4.86. The Morgan fingerprint density at radius 1 is 1.18 bits per heavy atom. The Morgan fingerprint density at radius 3 is 2.83 bits per heavy atom. The summed E-state index contributed by atoms with van der Waals surface area (Å²) in [6.07, 6.45) is 8.59. The number of allylic oxidation sites excluding steroid dienone is 1. The first kappa shape index (κ1) is 27.6. The van der Waals surface area contributed by atoms with Crippen molar-refractivity contribution in [3.8, 4) is 5.75 Å². The van der Waals surface area contributed by atoms with Crippen molar-refractivity contribution in [3.05, 3.63) is 70.3 Å². The van der Waals surface area contributed by atoms with Crippen molar-refractivity contribution in [1.29, 1.82) is 0 Å². The third-order valence-corrected chi connectivity index (χ3v) is 11.0. The van der Waals surface area contributed by atoms with Gasteiger partial charge in [-0.3, -0.25) is 4.79 Å². The fourth-order valence-electron chi connectivity index (χ4n) is 7.09. The van der Waals surface area contributed by atoms with E-state index in [4.69, 9.17) is 16.3 Å². The Bertz CT molecular complexity index is 1440. The normalized spacial score (nSPS) is 32.5. The molecular formula is C31H37ClN2O5S. The van der Waals surface area contributed by atoms with Gasteiger partial charge in [0.25, 0.3) is 5.91 Å². The molecule has 0 aromatic heterocycles. The largest absolute Gasteiger partial charge is 0.490 e. The highest BCUT2D eigenvalue weighted by Gasteiger charge is 2.44. The van der Waals surface area contributed by atoms with Gasteiger partial charge >= 0.3 is 0 Å². The average Bonchev–Trinajstić information content (AvgIpc) is 3.02. The van der Waals surface area contributed by atoms with Crippen LogP contribution in [-0.2, 0) is 21.9 Å². The zero-order valence-corrected chi connectivity index (χ0v) is 24.4. The van der Waals surface area contributed by atoms with Crippen LogP contribution in [-0.4, -0.2) is 51.0 Å². The molecule has 0 radical (unpaired) electrons. The van der Waals surface area contributed by atoms with E-state index >= 15 is 0 Å². The summed E-state index contributed by atoms with van der Waals surface area (Å²) in [7, 11) is -3.83. The third-order valence-electron chi connectivity index (χ3n) is 9.29. The van der Waals surface area contributed by atoms with Gasteiger partial charge in [-0.25, -0.2) is 13.1 Å². The second kappa shape index (κ2) is 10.7. The van der Waals surface area contributed by atoms with Crippen molar-refractivity contribution in [2.24, 2.45) is 17.8 Å². The summed E-state index contributed by atoms with van der Waals surface area (Å²) in [5.41, 5.74) is 3.34. The number of nitrogens with one attached hydrogen (secondary N) is 1. The molecule has 6 rings (SSSR count). The zero-order chi connectivity index (χ0) is 28.1. The number of hydrogen-bond donors (Lipinski definition) is 2. The van der Waals surface area contributed by atoms with Crippen LogP contribution in [0.25, 0.3) is 0 Å². The standard InChI is InChI=1S/C31H37ClN2O5S/c1-20-4-2-6-28(35)25-10-7-23(25)16-34-18-31(13-3-5-21-14-24(32)9-11-26(21)31)19-39-29-12-8-22(15-27(29)34)30(36)33-40(37,38)17-20/h2,6,8-9,11-12,14-15,20,23,25,28,35H,3-5,7,10,13,16-19H2,1H3,(H,33,36)/b6-2+. The highest BCUT2D eigenvalue weighted by molar-refractivity contribution is 7.90. The Balaban J connectivity index is 1.42. The molecule has 1 spiro atoms. The Hall–Kier alpha value is -2.55. The van der Waals surface area contributed by atoms with Crippen LogP contribution in [0.5, 0.6) is 5.75 Å². The quantitative estimate of drug-likeness (QED) is 0.430. The van der Waals surface area contributed by atoms with Gasteiger partial charge in [0.05, 0.1) is 24.2 Å². The van der Waals surface area contributed by atoms with Gasteiger partial charge in [-0.15, -0.1) is 0 Å². The van der Waals surface area contributed by atoms with Gasteiger partial charge in [-0.1, -0.05) is 36.7 Å². The molecule has 40 heavy (non-hydrogen) atoms. The van der Waals surface area contributed by atoms with Crippen molar-refractivity contribution in [1.82, 2.24) is 4.72 Å². The second-order valence-corrected chi connectivity index (χ2v) is 14.5. The van der Waals surface area contributed by atoms with Crippen molar-refractivity contribution >= 4 is 33.2 Å². The van der Waals surface area contributed by atoms with E-state index < -0.39 is 22.0 Å². The molecule has 2 aromatic carbocycles. The van der Waals surface area contributed by atoms with Crippen LogP contribution in [0, 0.1) is 17.8 Å². The van der Waals surface area contributed by atoms with Crippen LogP contribution in [0.1, 0.15) is 60.5 Å². The number of halogens is 1. The number of carbonyl (C=O) groups is 1. The minimum atomic E-state index is -3.83. The number of aliphatic hydroxyl groups is 1. The molecule has 1 fully saturated rings. The van der Waals surface area contributed by atoms with Gasteiger partial charge in [0.1, 0.15) is 5.75 Å². The molecule has 2 bridgehead atoms. The average molecular weight is 585 g/mol. The van der Waals surface area contributed by atoms with Gasteiger partial charge < -0.3 is 14.7 Å². The summed E-state index contributed by atoms with van der Waals surface area (Å²) in [5.74, 6) is 0.112. The molecule has 9 heteroatoms. The number of hydrogen-bond acceptors (Lipinski definition) is 6. The van der Waals surface area contributed by atoms with Crippen LogP contribution in [0.2, 0.25) is 5.02 Å². The van der Waals surface area contributed by atoms with Gasteiger partial charge in [0.2, 0.25) is 10.0 Å². The summed E-state index contributed by atoms with van der Waals surface area (Å²) in [5, 5.41) is 11.8. The second-order valence-electron chi connectivity index (χ2n) is 12.3. The summed E-state index contributed by atoms with van der Waals surface area (Å²) in [4.78, 5) is 15.5. The minimum Gasteiger partial charge on any atom is -0.490 e. The van der Waals surface area contributed by atoms with Crippen molar-refractivity contribution < 1.29 is 23.1 Å².